The van der Waals surface area contributed by atoms with Crippen molar-refractivity contribution < 1.29 is 22.3 Å². The van der Waals surface area contributed by atoms with Crippen molar-refractivity contribution in [1.29, 1.82) is 0 Å². The number of carbonyl (C=O) groups is 1. The second-order valence-electron chi connectivity index (χ2n) is 3.98. The van der Waals surface area contributed by atoms with Crippen molar-refractivity contribution in [3.05, 3.63) is 23.3 Å². The monoisotopic (exact) mass is 303 g/mol. The molecule has 0 spiro atoms. The van der Waals surface area contributed by atoms with E-state index in [-0.39, 0.29) is 16.2 Å². The molecule has 0 heterocycles. The smallest absolute Gasteiger partial charge is 0.280 e. The Morgan fingerprint density at radius 2 is 2.00 bits per heavy atom. The highest BCUT2D eigenvalue weighted by atomic mass is 32.2. The SMILES string of the molecule is Cc1cc(OCF)c(S(C)(=O)=O)cc1C(=O)N=C(N)N. The van der Waals surface area contributed by atoms with Crippen molar-refractivity contribution >= 4 is 21.7 Å². The quantitative estimate of drug-likeness (QED) is 0.601. The molecule has 7 nitrogen and oxygen atoms in total. The minimum absolute atomic E-state index is 0.00923. The first-order valence-corrected chi connectivity index (χ1v) is 7.23. The van der Waals surface area contributed by atoms with Gasteiger partial charge in [0.25, 0.3) is 5.91 Å². The summed E-state index contributed by atoms with van der Waals surface area (Å²) in [6.45, 7) is 0.329. The van der Waals surface area contributed by atoms with Gasteiger partial charge in [-0.05, 0) is 24.6 Å². The second-order valence-corrected chi connectivity index (χ2v) is 5.97. The highest BCUT2D eigenvalue weighted by Crippen LogP contribution is 2.28. The first kappa shape index (κ1) is 15.9. The number of nitrogens with zero attached hydrogens (tertiary/aromatic N) is 1. The predicted octanol–water partition coefficient (Wildman–Crippen LogP) is 0.118. The van der Waals surface area contributed by atoms with Gasteiger partial charge in [-0.2, -0.15) is 4.99 Å². The summed E-state index contributed by atoms with van der Waals surface area (Å²) in [5.74, 6) is -1.41. The molecule has 0 bridgehead atoms. The summed E-state index contributed by atoms with van der Waals surface area (Å²) in [7, 11) is -3.71. The number of guanidine groups is 1. The predicted molar refractivity (Wildman–Crippen MR) is 71.0 cm³/mol. The third kappa shape index (κ3) is 3.67. The van der Waals surface area contributed by atoms with Crippen LogP contribution in [0.4, 0.5) is 4.39 Å². The van der Waals surface area contributed by atoms with E-state index in [2.05, 4.69) is 9.73 Å². The number of ether oxygens (including phenoxy) is 1. The Balaban J connectivity index is 3.51. The van der Waals surface area contributed by atoms with Crippen molar-refractivity contribution in [2.75, 3.05) is 13.1 Å². The summed E-state index contributed by atoms with van der Waals surface area (Å²) in [6, 6.07) is 2.30. The molecular formula is C11H14FN3O4S. The Kier molecular flexibility index (Phi) is 4.66. The lowest BCUT2D eigenvalue weighted by Crippen LogP contribution is -2.24. The molecular weight excluding hydrogens is 289 g/mol. The Morgan fingerprint density at radius 1 is 1.40 bits per heavy atom. The van der Waals surface area contributed by atoms with E-state index in [1.165, 1.54) is 13.0 Å². The second kappa shape index (κ2) is 5.87. The zero-order valence-corrected chi connectivity index (χ0v) is 11.7. The number of hydrogen-bond acceptors (Lipinski definition) is 4. The van der Waals surface area contributed by atoms with Crippen LogP contribution in [0.3, 0.4) is 0 Å². The van der Waals surface area contributed by atoms with Crippen LogP contribution in [0, 0.1) is 6.92 Å². The summed E-state index contributed by atoms with van der Waals surface area (Å²) in [5, 5.41) is 0. The van der Waals surface area contributed by atoms with Crippen molar-refractivity contribution in [1.82, 2.24) is 0 Å². The van der Waals surface area contributed by atoms with Crippen LogP contribution in [0.15, 0.2) is 22.0 Å². The minimum Gasteiger partial charge on any atom is -0.462 e. The number of benzene rings is 1. The third-order valence-corrected chi connectivity index (χ3v) is 3.48. The molecule has 0 aliphatic rings. The van der Waals surface area contributed by atoms with E-state index in [4.69, 9.17) is 11.5 Å². The van der Waals surface area contributed by atoms with Gasteiger partial charge in [0.1, 0.15) is 10.6 Å². The molecule has 1 rings (SSSR count). The van der Waals surface area contributed by atoms with Crippen LogP contribution in [0.1, 0.15) is 15.9 Å². The molecule has 0 aromatic heterocycles. The van der Waals surface area contributed by atoms with Gasteiger partial charge in [0, 0.05) is 11.8 Å². The van der Waals surface area contributed by atoms with E-state index in [1.54, 1.807) is 0 Å². The molecule has 0 saturated carbocycles. The summed E-state index contributed by atoms with van der Waals surface area (Å²) >= 11 is 0. The van der Waals surface area contributed by atoms with Crippen molar-refractivity contribution in [3.63, 3.8) is 0 Å². The standard InChI is InChI=1S/C11H14FN3O4S/c1-6-3-8(19-5-12)9(20(2,17)18)4-7(6)10(16)15-11(13)14/h3-4H,5H2,1-2H3,(H4,13,14,15,16). The number of alkyl halides is 1. The molecule has 0 radical (unpaired) electrons. The molecule has 1 aromatic carbocycles. The molecule has 1 aromatic rings. The van der Waals surface area contributed by atoms with Gasteiger partial charge in [0.15, 0.2) is 15.8 Å². The molecule has 0 unspecified atom stereocenters. The lowest BCUT2D eigenvalue weighted by Gasteiger charge is -2.11. The topological polar surface area (TPSA) is 125 Å². The Hall–Kier alpha value is -2.16. The van der Waals surface area contributed by atoms with E-state index in [0.29, 0.717) is 5.56 Å². The van der Waals surface area contributed by atoms with Gasteiger partial charge < -0.3 is 16.2 Å². The lowest BCUT2D eigenvalue weighted by atomic mass is 10.1. The van der Waals surface area contributed by atoms with Crippen molar-refractivity contribution in [3.8, 4) is 5.75 Å². The van der Waals surface area contributed by atoms with E-state index in [9.17, 15) is 17.6 Å². The number of amides is 1. The average molecular weight is 303 g/mol. The highest BCUT2D eigenvalue weighted by Gasteiger charge is 2.20. The van der Waals surface area contributed by atoms with E-state index < -0.39 is 28.6 Å². The molecule has 20 heavy (non-hydrogen) atoms. The van der Waals surface area contributed by atoms with Gasteiger partial charge in [-0.1, -0.05) is 0 Å². The average Bonchev–Trinajstić information content (AvgIpc) is 2.26. The fourth-order valence-electron chi connectivity index (χ4n) is 1.53. The number of hydrogen-bond donors (Lipinski definition) is 2. The fourth-order valence-corrected chi connectivity index (χ4v) is 2.35. The third-order valence-electron chi connectivity index (χ3n) is 2.36. The van der Waals surface area contributed by atoms with Crippen LogP contribution in [0.25, 0.3) is 0 Å². The van der Waals surface area contributed by atoms with Gasteiger partial charge in [-0.3, -0.25) is 4.79 Å². The maximum absolute atomic E-state index is 12.3. The van der Waals surface area contributed by atoms with Crippen molar-refractivity contribution in [2.24, 2.45) is 16.5 Å². The summed E-state index contributed by atoms with van der Waals surface area (Å²) < 4.78 is 40.2. The van der Waals surface area contributed by atoms with Gasteiger partial charge >= 0.3 is 0 Å². The van der Waals surface area contributed by atoms with E-state index in [1.807, 2.05) is 0 Å². The number of nitrogens with two attached hydrogens (primary N) is 2. The first-order valence-electron chi connectivity index (χ1n) is 5.34. The number of rotatable bonds is 4. The number of carbonyl (C=O) groups excluding carboxylic acids is 1. The lowest BCUT2D eigenvalue weighted by molar-refractivity contribution is 0.100. The molecule has 4 N–H and O–H groups in total. The molecule has 0 saturated heterocycles. The summed E-state index contributed by atoms with van der Waals surface area (Å²) in [5.41, 5.74) is 10.5. The van der Waals surface area contributed by atoms with Gasteiger partial charge in [0.05, 0.1) is 0 Å². The van der Waals surface area contributed by atoms with Gasteiger partial charge in [-0.25, -0.2) is 12.8 Å². The van der Waals surface area contributed by atoms with Crippen LogP contribution in [-0.2, 0) is 9.84 Å². The maximum Gasteiger partial charge on any atom is 0.280 e. The molecule has 0 atom stereocenters. The van der Waals surface area contributed by atoms with Crippen LogP contribution >= 0.6 is 0 Å². The fraction of sp³-hybridized carbons (Fsp3) is 0.273. The van der Waals surface area contributed by atoms with Crippen LogP contribution in [0.5, 0.6) is 5.75 Å². The number of sulfone groups is 1. The summed E-state index contributed by atoms with van der Waals surface area (Å²) in [6.07, 6.45) is 0.914. The Labute approximate surface area is 115 Å². The first-order chi connectivity index (χ1) is 9.16. The zero-order chi connectivity index (χ0) is 15.5. The van der Waals surface area contributed by atoms with Crippen molar-refractivity contribution in [2.45, 2.75) is 11.8 Å². The zero-order valence-electron chi connectivity index (χ0n) is 10.9. The van der Waals surface area contributed by atoms with Crippen LogP contribution in [0.2, 0.25) is 0 Å². The molecule has 0 fully saturated rings. The van der Waals surface area contributed by atoms with Crippen LogP contribution in [-0.4, -0.2) is 33.4 Å². The van der Waals surface area contributed by atoms with E-state index in [0.717, 1.165) is 12.3 Å². The molecule has 110 valence electrons. The highest BCUT2D eigenvalue weighted by molar-refractivity contribution is 7.90. The Morgan fingerprint density at radius 3 is 2.45 bits per heavy atom. The molecule has 9 heteroatoms. The molecule has 0 aliphatic heterocycles. The maximum atomic E-state index is 12.3. The molecule has 0 aliphatic carbocycles. The van der Waals surface area contributed by atoms with Crippen LogP contribution < -0.4 is 16.2 Å². The van der Waals surface area contributed by atoms with E-state index >= 15 is 0 Å². The number of halogens is 1. The van der Waals surface area contributed by atoms with Gasteiger partial charge in [-0.15, -0.1) is 0 Å². The molecule has 1 amide bonds. The number of aliphatic imine (C=N–C) groups is 1. The summed E-state index contributed by atoms with van der Waals surface area (Å²) in [4.78, 5) is 14.8. The largest absolute Gasteiger partial charge is 0.462 e. The minimum atomic E-state index is -3.71. The normalized spacial score (nSPS) is 10.9. The Bertz CT molecular complexity index is 666. The van der Waals surface area contributed by atoms with Gasteiger partial charge in [0.2, 0.25) is 6.86 Å². The number of aryl methyl sites for hydroxylation is 1.